The molecule has 0 atom stereocenters. The minimum atomic E-state index is -0.793. The van der Waals surface area contributed by atoms with Crippen LogP contribution in [-0.4, -0.2) is 26.2 Å². The summed E-state index contributed by atoms with van der Waals surface area (Å²) in [6.45, 7) is 14.3. The summed E-state index contributed by atoms with van der Waals surface area (Å²) < 4.78 is 0. The molecule has 0 aromatic heterocycles. The Morgan fingerprint density at radius 3 is 1.33 bits per heavy atom. The van der Waals surface area contributed by atoms with Gasteiger partial charge in [0, 0.05) is 0 Å². The van der Waals surface area contributed by atoms with Crippen molar-refractivity contribution >= 4 is 7.26 Å². The Morgan fingerprint density at radius 2 is 1.33 bits per heavy atom. The fourth-order valence-corrected chi connectivity index (χ4v) is 4.77. The van der Waals surface area contributed by atoms with E-state index in [-0.39, 0.29) is 0 Å². The van der Waals surface area contributed by atoms with Crippen LogP contribution in [0.25, 0.3) is 0 Å². The van der Waals surface area contributed by atoms with Crippen LogP contribution in [0, 0.1) is 5.41 Å². The van der Waals surface area contributed by atoms with E-state index in [1.54, 1.807) is 0 Å². The molecule has 0 aromatic carbocycles. The van der Waals surface area contributed by atoms with Gasteiger partial charge in [0.05, 0.1) is 0 Å². The Kier molecular flexibility index (Phi) is 2.70. The van der Waals surface area contributed by atoms with Crippen molar-refractivity contribution in [3.63, 3.8) is 0 Å². The van der Waals surface area contributed by atoms with Gasteiger partial charge in [-0.25, -0.2) is 0 Å². The summed E-state index contributed by atoms with van der Waals surface area (Å²) in [6.07, 6.45) is 1.43. The first-order valence-electron chi connectivity index (χ1n) is 3.71. The molecule has 0 heterocycles. The summed E-state index contributed by atoms with van der Waals surface area (Å²) in [5.74, 6) is 0. The average Bonchev–Trinajstić information content (AvgIpc) is 1.14. The standard InChI is InChI=1S/C8H21P/c1-8(2,3)7-9(4,5)6/h9H,7H2,1-6H3. The van der Waals surface area contributed by atoms with Gasteiger partial charge in [-0.15, -0.1) is 0 Å². The summed E-state index contributed by atoms with van der Waals surface area (Å²) in [6, 6.07) is 0. The first-order valence-corrected chi connectivity index (χ1v) is 7.41. The molecular weight excluding hydrogens is 127 g/mol. The second kappa shape index (κ2) is 2.58. The maximum absolute atomic E-state index is 2.43. The number of hydrogen-bond donors (Lipinski definition) is 0. The van der Waals surface area contributed by atoms with Crippen LogP contribution >= 0.6 is 7.26 Å². The molecule has 0 saturated heterocycles. The third-order valence-corrected chi connectivity index (χ3v) is 3.18. The van der Waals surface area contributed by atoms with Gasteiger partial charge in [-0.2, -0.15) is 0 Å². The molecular formula is C8H21P. The first-order chi connectivity index (χ1) is 3.71. The van der Waals surface area contributed by atoms with Gasteiger partial charge < -0.3 is 0 Å². The minimum absolute atomic E-state index is 0.546. The summed E-state index contributed by atoms with van der Waals surface area (Å²) in [7, 11) is -0.793. The van der Waals surface area contributed by atoms with Crippen molar-refractivity contribution in [1.29, 1.82) is 0 Å². The predicted octanol–water partition coefficient (Wildman–Crippen LogP) is 2.67. The van der Waals surface area contributed by atoms with Crippen LogP contribution in [0.3, 0.4) is 0 Å². The van der Waals surface area contributed by atoms with Gasteiger partial charge in [0.25, 0.3) is 0 Å². The Balaban J connectivity index is 3.75. The van der Waals surface area contributed by atoms with E-state index in [0.717, 1.165) is 0 Å². The fourth-order valence-electron chi connectivity index (χ4n) is 1.59. The Labute approximate surface area is 60.4 Å². The topological polar surface area (TPSA) is 0 Å². The van der Waals surface area contributed by atoms with Gasteiger partial charge in [-0.05, 0) is 0 Å². The zero-order valence-electron chi connectivity index (χ0n) is 7.71. The van der Waals surface area contributed by atoms with Crippen molar-refractivity contribution in [2.75, 3.05) is 26.2 Å². The zero-order valence-corrected chi connectivity index (χ0v) is 8.71. The van der Waals surface area contributed by atoms with Gasteiger partial charge in [0.2, 0.25) is 0 Å². The van der Waals surface area contributed by atoms with E-state index in [1.165, 1.54) is 6.16 Å². The quantitative estimate of drug-likeness (QED) is 0.501. The van der Waals surface area contributed by atoms with Crippen molar-refractivity contribution in [2.45, 2.75) is 20.8 Å². The van der Waals surface area contributed by atoms with Crippen LogP contribution in [-0.2, 0) is 0 Å². The normalized spacial score (nSPS) is 15.8. The Hall–Kier alpha value is 0.430. The fraction of sp³-hybridized carbons (Fsp3) is 1.00. The summed E-state index contributed by atoms with van der Waals surface area (Å²) >= 11 is 0. The summed E-state index contributed by atoms with van der Waals surface area (Å²) in [5.41, 5.74) is 0.546. The van der Waals surface area contributed by atoms with E-state index < -0.39 is 7.26 Å². The van der Waals surface area contributed by atoms with Crippen molar-refractivity contribution in [1.82, 2.24) is 0 Å². The molecule has 0 bridgehead atoms. The van der Waals surface area contributed by atoms with Gasteiger partial charge in [-0.3, -0.25) is 0 Å². The second-order valence-corrected chi connectivity index (χ2v) is 10.8. The molecule has 0 aliphatic carbocycles. The Bertz CT molecular complexity index is 69.7. The average molecular weight is 148 g/mol. The summed E-state index contributed by atoms with van der Waals surface area (Å²) in [5, 5.41) is 0. The van der Waals surface area contributed by atoms with Crippen LogP contribution in [0.2, 0.25) is 0 Å². The van der Waals surface area contributed by atoms with E-state index in [1.807, 2.05) is 0 Å². The molecule has 0 saturated carbocycles. The van der Waals surface area contributed by atoms with Crippen LogP contribution in [0.5, 0.6) is 0 Å². The van der Waals surface area contributed by atoms with Crippen LogP contribution in [0.4, 0.5) is 0 Å². The van der Waals surface area contributed by atoms with Crippen molar-refractivity contribution in [2.24, 2.45) is 5.41 Å². The van der Waals surface area contributed by atoms with Crippen molar-refractivity contribution < 1.29 is 0 Å². The van der Waals surface area contributed by atoms with Gasteiger partial charge in [0.15, 0.2) is 0 Å². The molecule has 0 N–H and O–H groups in total. The van der Waals surface area contributed by atoms with E-state index >= 15 is 0 Å². The third kappa shape index (κ3) is 8.43. The zero-order chi connectivity index (χ0) is 7.71. The molecule has 0 aromatic rings. The molecule has 58 valence electrons. The molecule has 0 rings (SSSR count). The van der Waals surface area contributed by atoms with Crippen molar-refractivity contribution in [3.8, 4) is 0 Å². The van der Waals surface area contributed by atoms with E-state index in [0.29, 0.717) is 5.41 Å². The third-order valence-electron chi connectivity index (χ3n) is 1.06. The molecule has 0 fully saturated rings. The molecule has 0 aliphatic heterocycles. The van der Waals surface area contributed by atoms with Gasteiger partial charge in [-0.1, -0.05) is 0 Å². The van der Waals surface area contributed by atoms with Crippen LogP contribution in [0.15, 0.2) is 0 Å². The number of hydrogen-bond acceptors (Lipinski definition) is 0. The molecule has 0 spiro atoms. The monoisotopic (exact) mass is 148 g/mol. The molecule has 0 aliphatic rings. The maximum atomic E-state index is 2.43. The first kappa shape index (κ1) is 9.43. The predicted molar refractivity (Wildman–Crippen MR) is 50.4 cm³/mol. The van der Waals surface area contributed by atoms with Crippen LogP contribution < -0.4 is 0 Å². The molecule has 0 amide bonds. The molecule has 1 heteroatoms. The van der Waals surface area contributed by atoms with E-state index in [9.17, 15) is 0 Å². The van der Waals surface area contributed by atoms with E-state index in [4.69, 9.17) is 0 Å². The van der Waals surface area contributed by atoms with Crippen LogP contribution in [0.1, 0.15) is 20.8 Å². The molecule has 0 unspecified atom stereocenters. The van der Waals surface area contributed by atoms with Gasteiger partial charge in [0.1, 0.15) is 0 Å². The van der Waals surface area contributed by atoms with E-state index in [2.05, 4.69) is 40.8 Å². The molecule has 9 heavy (non-hydrogen) atoms. The Morgan fingerprint density at radius 1 is 1.00 bits per heavy atom. The molecule has 0 radical (unpaired) electrons. The van der Waals surface area contributed by atoms with Crippen molar-refractivity contribution in [3.05, 3.63) is 0 Å². The molecule has 0 nitrogen and oxygen atoms in total. The van der Waals surface area contributed by atoms with Gasteiger partial charge >= 0.3 is 59.6 Å². The number of rotatable bonds is 1. The second-order valence-electron chi connectivity index (χ2n) is 5.30. The SMILES string of the molecule is CC(C)(C)C[PH](C)(C)C. The summed E-state index contributed by atoms with van der Waals surface area (Å²) in [4.78, 5) is 0.